The Kier molecular flexibility index (Phi) is 5.94. The lowest BCUT2D eigenvalue weighted by molar-refractivity contribution is 0.143. The Morgan fingerprint density at radius 1 is 1.19 bits per heavy atom. The third-order valence-corrected chi connectivity index (χ3v) is 4.85. The van der Waals surface area contributed by atoms with E-state index in [2.05, 4.69) is 56.9 Å². The molecule has 1 atom stereocenters. The zero-order chi connectivity index (χ0) is 18.1. The number of benzene rings is 1. The Balaban J connectivity index is 0.00000210. The van der Waals surface area contributed by atoms with E-state index in [0.29, 0.717) is 0 Å². The molecule has 3 heterocycles. The fourth-order valence-corrected chi connectivity index (χ4v) is 3.65. The second-order valence-corrected chi connectivity index (χ2v) is 7.06. The molecule has 0 bridgehead atoms. The number of hydrogen-bond acceptors (Lipinski definition) is 5. The Morgan fingerprint density at radius 2 is 1.96 bits per heavy atom. The molecule has 7 nitrogen and oxygen atoms in total. The van der Waals surface area contributed by atoms with Gasteiger partial charge >= 0.3 is 0 Å². The van der Waals surface area contributed by atoms with E-state index in [9.17, 15) is 0 Å². The predicted octanol–water partition coefficient (Wildman–Crippen LogP) is 2.19. The molecule has 2 aromatic heterocycles. The number of piperazine rings is 1. The maximum absolute atomic E-state index is 4.71. The number of rotatable bonds is 4. The zero-order valence-corrected chi connectivity index (χ0v) is 16.8. The first kappa shape index (κ1) is 19.5. The summed E-state index contributed by atoms with van der Waals surface area (Å²) in [7, 11) is 2.05. The van der Waals surface area contributed by atoms with Crippen LogP contribution in [0.25, 0.3) is 5.69 Å². The number of halogens is 1. The van der Waals surface area contributed by atoms with Gasteiger partial charge in [-0.05, 0) is 37.1 Å². The maximum atomic E-state index is 4.71. The van der Waals surface area contributed by atoms with E-state index < -0.39 is 0 Å². The number of aromatic nitrogens is 5. The molecule has 144 valence electrons. The van der Waals surface area contributed by atoms with Crippen molar-refractivity contribution < 1.29 is 0 Å². The highest BCUT2D eigenvalue weighted by Gasteiger charge is 2.27. The van der Waals surface area contributed by atoms with Gasteiger partial charge in [0.05, 0.1) is 23.6 Å². The number of imidazole rings is 1. The third-order valence-electron chi connectivity index (χ3n) is 4.85. The summed E-state index contributed by atoms with van der Waals surface area (Å²) in [5.74, 6) is 1.08. The van der Waals surface area contributed by atoms with Crippen LogP contribution < -0.4 is 5.32 Å². The van der Waals surface area contributed by atoms with Crippen LogP contribution in [0.5, 0.6) is 0 Å². The Morgan fingerprint density at radius 3 is 2.67 bits per heavy atom. The highest BCUT2D eigenvalue weighted by Crippen LogP contribution is 2.22. The van der Waals surface area contributed by atoms with Crippen molar-refractivity contribution in [3.8, 4) is 5.69 Å². The first-order valence-corrected chi connectivity index (χ1v) is 9.02. The SMILES string of the molecule is Cc1cc(C)cc(-n2ncc(CN3CCNCC3c3nccn3C)n2)c1.Cl. The van der Waals surface area contributed by atoms with Gasteiger partial charge in [-0.15, -0.1) is 12.4 Å². The summed E-state index contributed by atoms with van der Waals surface area (Å²) in [4.78, 5) is 8.70. The van der Waals surface area contributed by atoms with Crippen molar-refractivity contribution in [1.29, 1.82) is 0 Å². The first-order chi connectivity index (χ1) is 12.6. The van der Waals surface area contributed by atoms with Crippen LogP contribution in [0.2, 0.25) is 0 Å². The van der Waals surface area contributed by atoms with E-state index in [-0.39, 0.29) is 18.4 Å². The van der Waals surface area contributed by atoms with Gasteiger partial charge in [-0.2, -0.15) is 15.0 Å². The number of nitrogens with one attached hydrogen (secondary N) is 1. The maximum Gasteiger partial charge on any atom is 0.127 e. The molecule has 1 N–H and O–H groups in total. The van der Waals surface area contributed by atoms with Crippen LogP contribution in [0, 0.1) is 13.8 Å². The minimum absolute atomic E-state index is 0. The van der Waals surface area contributed by atoms with Gasteiger partial charge in [0, 0.05) is 45.6 Å². The summed E-state index contributed by atoms with van der Waals surface area (Å²) in [5, 5.41) is 12.7. The largest absolute Gasteiger partial charge is 0.337 e. The zero-order valence-electron chi connectivity index (χ0n) is 16.0. The summed E-state index contributed by atoms with van der Waals surface area (Å²) in [6, 6.07) is 6.62. The quantitative estimate of drug-likeness (QED) is 0.743. The van der Waals surface area contributed by atoms with Gasteiger partial charge < -0.3 is 9.88 Å². The molecule has 8 heteroatoms. The summed E-state index contributed by atoms with van der Waals surface area (Å²) in [6.45, 7) is 7.80. The minimum Gasteiger partial charge on any atom is -0.337 e. The average Bonchev–Trinajstić information content (AvgIpc) is 3.24. The lowest BCUT2D eigenvalue weighted by Gasteiger charge is -2.35. The van der Waals surface area contributed by atoms with Gasteiger partial charge in [-0.25, -0.2) is 4.98 Å². The van der Waals surface area contributed by atoms with Crippen molar-refractivity contribution in [2.24, 2.45) is 7.05 Å². The molecule has 0 aliphatic carbocycles. The summed E-state index contributed by atoms with van der Waals surface area (Å²) in [5.41, 5.74) is 4.42. The highest BCUT2D eigenvalue weighted by molar-refractivity contribution is 5.85. The molecule has 1 aliphatic rings. The number of hydrogen-bond donors (Lipinski definition) is 1. The highest BCUT2D eigenvalue weighted by atomic mass is 35.5. The van der Waals surface area contributed by atoms with Gasteiger partial charge in [-0.3, -0.25) is 4.90 Å². The number of nitrogens with zero attached hydrogens (tertiary/aromatic N) is 6. The van der Waals surface area contributed by atoms with Gasteiger partial charge in [0.2, 0.25) is 0 Å². The smallest absolute Gasteiger partial charge is 0.127 e. The lowest BCUT2D eigenvalue weighted by atomic mass is 10.1. The molecule has 1 fully saturated rings. The van der Waals surface area contributed by atoms with Crippen LogP contribution in [0.4, 0.5) is 0 Å². The molecule has 0 amide bonds. The van der Waals surface area contributed by atoms with Gasteiger partial charge in [0.15, 0.2) is 0 Å². The molecule has 1 unspecified atom stereocenters. The lowest BCUT2D eigenvalue weighted by Crippen LogP contribution is -2.46. The standard InChI is InChI=1S/C19H25N7.ClH/c1-14-8-15(2)10-17(9-14)26-22-11-16(23-26)13-25-7-4-20-12-18(25)19-21-5-6-24(19)3;/h5-6,8-11,18,20H,4,7,12-13H2,1-3H3;1H. The van der Waals surface area contributed by atoms with Gasteiger partial charge in [0.1, 0.15) is 5.82 Å². The predicted molar refractivity (Wildman–Crippen MR) is 107 cm³/mol. The molecular weight excluding hydrogens is 362 g/mol. The summed E-state index contributed by atoms with van der Waals surface area (Å²) in [6.07, 6.45) is 5.73. The molecule has 1 saturated heterocycles. The Hall–Kier alpha value is -2.22. The van der Waals surface area contributed by atoms with Crippen molar-refractivity contribution in [3.05, 3.63) is 59.4 Å². The molecule has 0 saturated carbocycles. The van der Waals surface area contributed by atoms with Gasteiger partial charge in [0.25, 0.3) is 0 Å². The molecule has 0 spiro atoms. The third kappa shape index (κ3) is 4.21. The first-order valence-electron chi connectivity index (χ1n) is 9.02. The van der Waals surface area contributed by atoms with E-state index in [1.807, 2.05) is 25.6 Å². The molecule has 4 rings (SSSR count). The fraction of sp³-hybridized carbons (Fsp3) is 0.421. The Bertz CT molecular complexity index is 881. The van der Waals surface area contributed by atoms with Crippen LogP contribution in [-0.2, 0) is 13.6 Å². The second kappa shape index (κ2) is 8.21. The normalized spacial score (nSPS) is 17.7. The van der Waals surface area contributed by atoms with Gasteiger partial charge in [-0.1, -0.05) is 6.07 Å². The monoisotopic (exact) mass is 387 g/mol. The fourth-order valence-electron chi connectivity index (χ4n) is 3.65. The van der Waals surface area contributed by atoms with Crippen LogP contribution in [0.1, 0.15) is 28.7 Å². The number of aryl methyl sites for hydroxylation is 3. The molecule has 1 aromatic carbocycles. The Labute approximate surface area is 165 Å². The van der Waals surface area contributed by atoms with Crippen molar-refractivity contribution in [2.75, 3.05) is 19.6 Å². The van der Waals surface area contributed by atoms with E-state index in [4.69, 9.17) is 5.10 Å². The van der Waals surface area contributed by atoms with E-state index in [0.717, 1.165) is 43.4 Å². The average molecular weight is 388 g/mol. The van der Waals surface area contributed by atoms with Crippen molar-refractivity contribution in [1.82, 2.24) is 34.8 Å². The minimum atomic E-state index is 0. The van der Waals surface area contributed by atoms with E-state index >= 15 is 0 Å². The van der Waals surface area contributed by atoms with E-state index in [1.54, 1.807) is 4.80 Å². The second-order valence-electron chi connectivity index (χ2n) is 7.06. The van der Waals surface area contributed by atoms with Crippen LogP contribution in [-0.4, -0.2) is 49.1 Å². The topological polar surface area (TPSA) is 63.8 Å². The molecule has 27 heavy (non-hydrogen) atoms. The van der Waals surface area contributed by atoms with Crippen molar-refractivity contribution in [2.45, 2.75) is 26.4 Å². The molecule has 0 radical (unpaired) electrons. The van der Waals surface area contributed by atoms with Crippen LogP contribution in [0.3, 0.4) is 0 Å². The van der Waals surface area contributed by atoms with E-state index in [1.165, 1.54) is 11.1 Å². The van der Waals surface area contributed by atoms with Crippen molar-refractivity contribution >= 4 is 12.4 Å². The molecule has 3 aromatic rings. The van der Waals surface area contributed by atoms with Crippen molar-refractivity contribution in [3.63, 3.8) is 0 Å². The molecular formula is C19H26ClN7. The van der Waals surface area contributed by atoms with Crippen LogP contribution in [0.15, 0.2) is 36.8 Å². The van der Waals surface area contributed by atoms with Crippen LogP contribution >= 0.6 is 12.4 Å². The summed E-state index contributed by atoms with van der Waals surface area (Å²) >= 11 is 0. The summed E-state index contributed by atoms with van der Waals surface area (Å²) < 4.78 is 2.09. The molecule has 1 aliphatic heterocycles.